The zero-order valence-corrected chi connectivity index (χ0v) is 9.50. The quantitative estimate of drug-likeness (QED) is 0.669. The van der Waals surface area contributed by atoms with Gasteiger partial charge in [-0.2, -0.15) is 0 Å². The summed E-state index contributed by atoms with van der Waals surface area (Å²) in [6.45, 7) is 1.76. The van der Waals surface area contributed by atoms with Crippen molar-refractivity contribution in [2.75, 3.05) is 18.8 Å². The highest BCUT2D eigenvalue weighted by Crippen LogP contribution is 2.12. The van der Waals surface area contributed by atoms with Gasteiger partial charge in [-0.25, -0.2) is 4.39 Å². The number of rotatable bonds is 2. The molecule has 4 N–H and O–H groups in total. The molecule has 0 aromatic heterocycles. The highest BCUT2D eigenvalue weighted by atomic mass is 19.1. The number of amides is 1. The van der Waals surface area contributed by atoms with Crippen LogP contribution in [0.4, 0.5) is 10.1 Å². The minimum atomic E-state index is -0.556. The van der Waals surface area contributed by atoms with Crippen molar-refractivity contribution in [2.45, 2.75) is 18.9 Å². The number of nitrogen functional groups attached to an aromatic ring is 1. The lowest BCUT2D eigenvalue weighted by atomic mass is 10.1. The van der Waals surface area contributed by atoms with E-state index in [2.05, 4.69) is 10.6 Å². The molecule has 5 heteroatoms. The van der Waals surface area contributed by atoms with Crippen molar-refractivity contribution in [1.82, 2.24) is 10.6 Å². The monoisotopic (exact) mass is 237 g/mol. The third-order valence-corrected chi connectivity index (χ3v) is 2.89. The van der Waals surface area contributed by atoms with Crippen LogP contribution in [-0.4, -0.2) is 25.0 Å². The summed E-state index contributed by atoms with van der Waals surface area (Å²) in [6, 6.07) is 4.23. The van der Waals surface area contributed by atoms with Crippen LogP contribution in [0.3, 0.4) is 0 Å². The second-order valence-electron chi connectivity index (χ2n) is 4.25. The highest BCUT2D eigenvalue weighted by molar-refractivity contribution is 5.94. The Hall–Kier alpha value is -1.62. The van der Waals surface area contributed by atoms with Gasteiger partial charge < -0.3 is 16.4 Å². The second-order valence-corrected chi connectivity index (χ2v) is 4.25. The number of nitrogens with two attached hydrogens (primary N) is 1. The summed E-state index contributed by atoms with van der Waals surface area (Å²) in [5.41, 5.74) is 5.72. The summed E-state index contributed by atoms with van der Waals surface area (Å²) >= 11 is 0. The van der Waals surface area contributed by atoms with Gasteiger partial charge in [0.25, 0.3) is 5.91 Å². The molecule has 0 saturated carbocycles. The second kappa shape index (κ2) is 5.14. The van der Waals surface area contributed by atoms with Gasteiger partial charge >= 0.3 is 0 Å². The Balaban J connectivity index is 2.01. The fourth-order valence-electron chi connectivity index (χ4n) is 1.91. The van der Waals surface area contributed by atoms with Crippen LogP contribution in [-0.2, 0) is 0 Å². The van der Waals surface area contributed by atoms with Crippen molar-refractivity contribution in [1.29, 1.82) is 0 Å². The average molecular weight is 237 g/mol. The lowest BCUT2D eigenvalue weighted by Gasteiger charge is -2.23. The number of hydrogen-bond donors (Lipinski definition) is 3. The molecule has 1 aliphatic heterocycles. The summed E-state index contributed by atoms with van der Waals surface area (Å²) in [5, 5.41) is 6.08. The summed E-state index contributed by atoms with van der Waals surface area (Å²) in [7, 11) is 0. The fraction of sp³-hybridized carbons (Fsp3) is 0.417. The minimum absolute atomic E-state index is 0.0564. The van der Waals surface area contributed by atoms with Crippen LogP contribution in [0.2, 0.25) is 0 Å². The number of benzene rings is 1. The fourth-order valence-corrected chi connectivity index (χ4v) is 1.91. The summed E-state index contributed by atoms with van der Waals surface area (Å²) < 4.78 is 13.2. The molecule has 1 fully saturated rings. The zero-order valence-electron chi connectivity index (χ0n) is 9.50. The molecule has 1 aromatic rings. The first kappa shape index (κ1) is 11.9. The van der Waals surface area contributed by atoms with Crippen LogP contribution < -0.4 is 16.4 Å². The van der Waals surface area contributed by atoms with E-state index in [0.29, 0.717) is 5.56 Å². The van der Waals surface area contributed by atoms with Crippen LogP contribution in [0.1, 0.15) is 23.2 Å². The number of nitrogens with one attached hydrogen (secondary N) is 2. The molecule has 1 saturated heterocycles. The van der Waals surface area contributed by atoms with E-state index >= 15 is 0 Å². The normalized spacial score (nSPS) is 19.9. The van der Waals surface area contributed by atoms with Gasteiger partial charge in [-0.05, 0) is 37.6 Å². The first-order chi connectivity index (χ1) is 8.16. The number of anilines is 1. The van der Waals surface area contributed by atoms with Gasteiger partial charge in [0, 0.05) is 18.2 Å². The molecule has 0 spiro atoms. The van der Waals surface area contributed by atoms with Crippen LogP contribution >= 0.6 is 0 Å². The van der Waals surface area contributed by atoms with Gasteiger partial charge in [0.1, 0.15) is 5.82 Å². The van der Waals surface area contributed by atoms with Crippen molar-refractivity contribution < 1.29 is 9.18 Å². The summed E-state index contributed by atoms with van der Waals surface area (Å²) in [6.07, 6.45) is 2.00. The number of piperidine rings is 1. The standard InChI is InChI=1S/C12H16FN3O/c13-10-6-8(3-4-11(10)14)12(17)16-9-2-1-5-15-7-9/h3-4,6,9,15H,1-2,5,7,14H2,(H,16,17)/t9-/m1/s1. The smallest absolute Gasteiger partial charge is 0.251 e. The van der Waals surface area contributed by atoms with Crippen molar-refractivity contribution >= 4 is 11.6 Å². The molecule has 1 atom stereocenters. The number of halogens is 1. The molecule has 17 heavy (non-hydrogen) atoms. The van der Waals surface area contributed by atoms with Crippen LogP contribution in [0.5, 0.6) is 0 Å². The van der Waals surface area contributed by atoms with Crippen molar-refractivity contribution in [3.05, 3.63) is 29.6 Å². The average Bonchev–Trinajstić information content (AvgIpc) is 2.34. The number of hydrogen-bond acceptors (Lipinski definition) is 3. The Morgan fingerprint density at radius 2 is 2.35 bits per heavy atom. The SMILES string of the molecule is Nc1ccc(C(=O)N[C@@H]2CCCNC2)cc1F. The van der Waals surface area contributed by atoms with E-state index in [1.807, 2.05) is 0 Å². The first-order valence-electron chi connectivity index (χ1n) is 5.73. The van der Waals surface area contributed by atoms with E-state index in [1.165, 1.54) is 18.2 Å². The molecular formula is C12H16FN3O. The van der Waals surface area contributed by atoms with E-state index in [-0.39, 0.29) is 17.6 Å². The Bertz CT molecular complexity index is 416. The highest BCUT2D eigenvalue weighted by Gasteiger charge is 2.16. The molecule has 0 aliphatic carbocycles. The lowest BCUT2D eigenvalue weighted by Crippen LogP contribution is -2.45. The zero-order chi connectivity index (χ0) is 12.3. The molecule has 1 heterocycles. The molecule has 0 bridgehead atoms. The maximum atomic E-state index is 13.2. The molecule has 2 rings (SSSR count). The van der Waals surface area contributed by atoms with Gasteiger partial charge in [0.2, 0.25) is 0 Å². The third-order valence-electron chi connectivity index (χ3n) is 2.89. The largest absolute Gasteiger partial charge is 0.396 e. The van der Waals surface area contributed by atoms with E-state index in [4.69, 9.17) is 5.73 Å². The maximum Gasteiger partial charge on any atom is 0.251 e. The number of carbonyl (C=O) groups is 1. The Morgan fingerprint density at radius 3 is 3.00 bits per heavy atom. The van der Waals surface area contributed by atoms with Gasteiger partial charge in [0.15, 0.2) is 0 Å². The van der Waals surface area contributed by atoms with Crippen LogP contribution in [0, 0.1) is 5.82 Å². The molecular weight excluding hydrogens is 221 g/mol. The van der Waals surface area contributed by atoms with Gasteiger partial charge in [-0.3, -0.25) is 4.79 Å². The molecule has 1 aromatic carbocycles. The van der Waals surface area contributed by atoms with E-state index in [9.17, 15) is 9.18 Å². The topological polar surface area (TPSA) is 67.2 Å². The van der Waals surface area contributed by atoms with E-state index in [0.717, 1.165) is 25.9 Å². The van der Waals surface area contributed by atoms with E-state index in [1.54, 1.807) is 0 Å². The van der Waals surface area contributed by atoms with Gasteiger partial charge in [0.05, 0.1) is 5.69 Å². The molecule has 1 amide bonds. The molecule has 0 unspecified atom stereocenters. The molecule has 1 aliphatic rings. The van der Waals surface area contributed by atoms with Gasteiger partial charge in [-0.15, -0.1) is 0 Å². The van der Waals surface area contributed by atoms with E-state index < -0.39 is 5.82 Å². The number of carbonyl (C=O) groups excluding carboxylic acids is 1. The van der Waals surface area contributed by atoms with Crippen LogP contribution in [0.25, 0.3) is 0 Å². The third kappa shape index (κ3) is 2.94. The lowest BCUT2D eigenvalue weighted by molar-refractivity contribution is 0.0930. The summed E-state index contributed by atoms with van der Waals surface area (Å²) in [5.74, 6) is -0.808. The van der Waals surface area contributed by atoms with Gasteiger partial charge in [-0.1, -0.05) is 0 Å². The van der Waals surface area contributed by atoms with Crippen molar-refractivity contribution in [3.63, 3.8) is 0 Å². The predicted octanol–water partition coefficient (Wildman–Crippen LogP) is 0.890. The Kier molecular flexibility index (Phi) is 3.58. The summed E-state index contributed by atoms with van der Waals surface area (Å²) in [4.78, 5) is 11.8. The molecule has 4 nitrogen and oxygen atoms in total. The predicted molar refractivity (Wildman–Crippen MR) is 64.2 cm³/mol. The maximum absolute atomic E-state index is 13.2. The molecule has 0 radical (unpaired) electrons. The Labute approximate surface area is 99.4 Å². The van der Waals surface area contributed by atoms with Crippen molar-refractivity contribution in [3.8, 4) is 0 Å². The van der Waals surface area contributed by atoms with Crippen molar-refractivity contribution in [2.24, 2.45) is 0 Å². The minimum Gasteiger partial charge on any atom is -0.396 e. The molecule has 92 valence electrons. The van der Waals surface area contributed by atoms with Crippen LogP contribution in [0.15, 0.2) is 18.2 Å². The Morgan fingerprint density at radius 1 is 1.53 bits per heavy atom. The first-order valence-corrected chi connectivity index (χ1v) is 5.73.